The fourth-order valence-corrected chi connectivity index (χ4v) is 2.81. The van der Waals surface area contributed by atoms with E-state index in [0.717, 1.165) is 10.5 Å². The standard InChI is InChI=1S/C15H13F3O4S2/c1-21-23-13-8-6-11(7-9-13)10-12-4-2-3-5-14(12)22-24(19,20)15(16,17)18/h2-9H,10H2,1H3. The summed E-state index contributed by atoms with van der Waals surface area (Å²) in [5.41, 5.74) is -4.35. The summed E-state index contributed by atoms with van der Waals surface area (Å²) in [7, 11) is -4.16. The highest BCUT2D eigenvalue weighted by atomic mass is 32.2. The number of benzene rings is 2. The first-order valence-corrected chi connectivity index (χ1v) is 8.76. The lowest BCUT2D eigenvalue weighted by atomic mass is 10.0. The Morgan fingerprint density at radius 3 is 2.25 bits per heavy atom. The van der Waals surface area contributed by atoms with Gasteiger partial charge in [-0.1, -0.05) is 30.3 Å². The fourth-order valence-electron chi connectivity index (χ4n) is 1.88. The SMILES string of the molecule is COSc1ccc(Cc2ccccc2OS(=O)(=O)C(F)(F)F)cc1. The number of halogens is 3. The van der Waals surface area contributed by atoms with Crippen molar-refractivity contribution in [3.8, 4) is 5.75 Å². The van der Waals surface area contributed by atoms with Crippen LogP contribution in [-0.4, -0.2) is 21.0 Å². The van der Waals surface area contributed by atoms with Gasteiger partial charge in [0.1, 0.15) is 5.75 Å². The lowest BCUT2D eigenvalue weighted by Crippen LogP contribution is -2.28. The summed E-state index contributed by atoms with van der Waals surface area (Å²) < 4.78 is 68.9. The second-order valence-corrected chi connectivity index (χ2v) is 7.17. The highest BCUT2D eigenvalue weighted by Crippen LogP contribution is 2.30. The van der Waals surface area contributed by atoms with E-state index in [2.05, 4.69) is 4.18 Å². The minimum Gasteiger partial charge on any atom is -0.376 e. The number of para-hydroxylation sites is 1. The van der Waals surface area contributed by atoms with Crippen LogP contribution in [0.15, 0.2) is 53.4 Å². The maximum absolute atomic E-state index is 12.5. The predicted molar refractivity (Wildman–Crippen MR) is 84.2 cm³/mol. The molecule has 2 aromatic rings. The molecule has 0 heterocycles. The van der Waals surface area contributed by atoms with Crippen LogP contribution in [0.5, 0.6) is 5.75 Å². The van der Waals surface area contributed by atoms with Crippen molar-refractivity contribution < 1.29 is 30.0 Å². The van der Waals surface area contributed by atoms with Gasteiger partial charge in [-0.2, -0.15) is 21.6 Å². The number of alkyl halides is 3. The van der Waals surface area contributed by atoms with Crippen molar-refractivity contribution in [1.82, 2.24) is 0 Å². The summed E-state index contributed by atoms with van der Waals surface area (Å²) in [6.07, 6.45) is 0.224. The van der Waals surface area contributed by atoms with Gasteiger partial charge in [0.05, 0.1) is 7.11 Å². The molecule has 0 aliphatic carbocycles. The maximum Gasteiger partial charge on any atom is 0.534 e. The highest BCUT2D eigenvalue weighted by Gasteiger charge is 2.48. The van der Waals surface area contributed by atoms with Crippen LogP contribution in [0.25, 0.3) is 0 Å². The Kier molecular flexibility index (Phi) is 5.79. The third kappa shape index (κ3) is 4.65. The molecular weight excluding hydrogens is 365 g/mol. The molecule has 0 radical (unpaired) electrons. The van der Waals surface area contributed by atoms with Crippen molar-refractivity contribution in [2.75, 3.05) is 7.11 Å². The molecule has 4 nitrogen and oxygen atoms in total. The normalized spacial score (nSPS) is 12.2. The van der Waals surface area contributed by atoms with Crippen LogP contribution in [0, 0.1) is 0 Å². The van der Waals surface area contributed by atoms with E-state index >= 15 is 0 Å². The molecule has 0 atom stereocenters. The molecule has 0 aliphatic heterocycles. The quantitative estimate of drug-likeness (QED) is 0.429. The van der Waals surface area contributed by atoms with Gasteiger partial charge in [0.25, 0.3) is 0 Å². The van der Waals surface area contributed by atoms with E-state index in [4.69, 9.17) is 4.18 Å². The van der Waals surface area contributed by atoms with Crippen LogP contribution in [0.2, 0.25) is 0 Å². The molecule has 0 fully saturated rings. The first kappa shape index (κ1) is 18.6. The summed E-state index contributed by atoms with van der Waals surface area (Å²) in [4.78, 5) is 0.866. The topological polar surface area (TPSA) is 52.6 Å². The Morgan fingerprint density at radius 1 is 1.04 bits per heavy atom. The summed E-state index contributed by atoms with van der Waals surface area (Å²) >= 11 is 1.18. The second-order valence-electron chi connectivity index (χ2n) is 4.66. The van der Waals surface area contributed by atoms with E-state index < -0.39 is 15.6 Å². The summed E-state index contributed by atoms with van der Waals surface area (Å²) in [5, 5.41) is 0. The van der Waals surface area contributed by atoms with Gasteiger partial charge in [-0.05, 0) is 23.8 Å². The molecule has 2 aromatic carbocycles. The van der Waals surface area contributed by atoms with E-state index in [1.807, 2.05) is 0 Å². The molecule has 0 aliphatic rings. The van der Waals surface area contributed by atoms with Crippen molar-refractivity contribution in [3.05, 3.63) is 59.7 Å². The molecule has 0 spiro atoms. The van der Waals surface area contributed by atoms with Gasteiger partial charge in [-0.15, -0.1) is 0 Å². The van der Waals surface area contributed by atoms with Gasteiger partial charge in [0.2, 0.25) is 0 Å². The largest absolute Gasteiger partial charge is 0.534 e. The molecule has 0 N–H and O–H groups in total. The Bertz CT molecular complexity index is 787. The summed E-state index contributed by atoms with van der Waals surface area (Å²) in [5.74, 6) is -0.342. The zero-order valence-corrected chi connectivity index (χ0v) is 14.0. The Morgan fingerprint density at radius 2 is 1.67 bits per heavy atom. The monoisotopic (exact) mass is 378 g/mol. The Labute approximate surface area is 141 Å². The van der Waals surface area contributed by atoms with Crippen molar-refractivity contribution in [2.24, 2.45) is 0 Å². The lowest BCUT2D eigenvalue weighted by molar-refractivity contribution is -0.0500. The second kappa shape index (κ2) is 7.45. The fraction of sp³-hybridized carbons (Fsp3) is 0.200. The smallest absolute Gasteiger partial charge is 0.376 e. The third-order valence-corrected chi connectivity index (χ3v) is 4.55. The van der Waals surface area contributed by atoms with E-state index in [0.29, 0.717) is 5.56 Å². The van der Waals surface area contributed by atoms with Gasteiger partial charge in [-0.25, -0.2) is 0 Å². The Balaban J connectivity index is 2.23. The molecule has 2 rings (SSSR count). The zero-order valence-electron chi connectivity index (χ0n) is 12.4. The number of rotatable bonds is 6. The molecule has 0 aromatic heterocycles. The van der Waals surface area contributed by atoms with Gasteiger partial charge in [0.15, 0.2) is 0 Å². The molecule has 130 valence electrons. The highest BCUT2D eigenvalue weighted by molar-refractivity contribution is 7.94. The van der Waals surface area contributed by atoms with Crippen LogP contribution in [0.4, 0.5) is 13.2 Å². The molecule has 0 unspecified atom stereocenters. The van der Waals surface area contributed by atoms with E-state index in [1.165, 1.54) is 37.4 Å². The van der Waals surface area contributed by atoms with Crippen molar-refractivity contribution in [1.29, 1.82) is 0 Å². The van der Waals surface area contributed by atoms with Gasteiger partial charge in [0, 0.05) is 28.9 Å². The predicted octanol–water partition coefficient (Wildman–Crippen LogP) is 4.16. The van der Waals surface area contributed by atoms with Crippen molar-refractivity contribution >= 4 is 22.2 Å². The van der Waals surface area contributed by atoms with E-state index in [9.17, 15) is 21.6 Å². The Hall–Kier alpha value is -1.71. The molecular formula is C15H13F3O4S2. The first-order valence-electron chi connectivity index (χ1n) is 6.61. The maximum atomic E-state index is 12.5. The molecule has 0 saturated carbocycles. The molecule has 0 bridgehead atoms. The van der Waals surface area contributed by atoms with Gasteiger partial charge >= 0.3 is 15.6 Å². The van der Waals surface area contributed by atoms with E-state index in [-0.39, 0.29) is 12.2 Å². The number of hydrogen-bond donors (Lipinski definition) is 0. The van der Waals surface area contributed by atoms with Gasteiger partial charge in [-0.3, -0.25) is 0 Å². The third-order valence-electron chi connectivity index (χ3n) is 2.95. The van der Waals surface area contributed by atoms with Crippen LogP contribution in [0.3, 0.4) is 0 Å². The average molecular weight is 378 g/mol. The van der Waals surface area contributed by atoms with Crippen LogP contribution >= 0.6 is 12.0 Å². The van der Waals surface area contributed by atoms with Crippen molar-refractivity contribution in [2.45, 2.75) is 16.8 Å². The lowest BCUT2D eigenvalue weighted by Gasteiger charge is -2.13. The summed E-state index contributed by atoms with van der Waals surface area (Å²) in [6, 6.07) is 12.8. The molecule has 0 amide bonds. The average Bonchev–Trinajstić information content (AvgIpc) is 2.50. The van der Waals surface area contributed by atoms with Gasteiger partial charge < -0.3 is 8.37 Å². The number of hydrogen-bond acceptors (Lipinski definition) is 5. The van der Waals surface area contributed by atoms with Crippen molar-refractivity contribution in [3.63, 3.8) is 0 Å². The van der Waals surface area contributed by atoms with Crippen LogP contribution in [0.1, 0.15) is 11.1 Å². The molecule has 0 saturated heterocycles. The minimum atomic E-state index is -5.70. The van der Waals surface area contributed by atoms with E-state index in [1.54, 1.807) is 30.3 Å². The summed E-state index contributed by atoms with van der Waals surface area (Å²) in [6.45, 7) is 0. The first-order chi connectivity index (χ1) is 11.2. The zero-order chi connectivity index (χ0) is 17.8. The molecule has 24 heavy (non-hydrogen) atoms. The molecule has 9 heteroatoms. The minimum absolute atomic E-state index is 0.224. The van der Waals surface area contributed by atoms with Crippen LogP contribution in [-0.2, 0) is 20.7 Å². The van der Waals surface area contributed by atoms with Crippen LogP contribution < -0.4 is 4.18 Å².